The van der Waals surface area contributed by atoms with Gasteiger partial charge in [-0.25, -0.2) is 18.9 Å². The van der Waals surface area contributed by atoms with Gasteiger partial charge in [0, 0.05) is 18.3 Å². The number of carbonyl (C=O) groups is 2. The van der Waals surface area contributed by atoms with Gasteiger partial charge in [0.15, 0.2) is 5.82 Å². The lowest BCUT2D eigenvalue weighted by atomic mass is 10.1. The van der Waals surface area contributed by atoms with Crippen molar-refractivity contribution < 1.29 is 23.8 Å². The number of carbonyl (C=O) groups excluding carboxylic acids is 2. The monoisotopic (exact) mass is 468 g/mol. The molecular weight excluding hydrogens is 447 g/mol. The number of amides is 2. The van der Waals surface area contributed by atoms with E-state index < -0.39 is 30.1 Å². The van der Waals surface area contributed by atoms with Crippen LogP contribution in [0.2, 0.25) is 0 Å². The molecular formula is C21H21FN8O4. The lowest BCUT2D eigenvalue weighted by Gasteiger charge is -2.18. The highest BCUT2D eigenvalue weighted by molar-refractivity contribution is 5.98. The number of likely N-dealkylation sites (tertiary alicyclic amines) is 1. The SMILES string of the molecule is COc1ncc(-c2c(C#N)cc3c(N)ncnn23)cc1C(=O)NC1CN(C(=O)C(C)O)CC1F. The second-order valence-corrected chi connectivity index (χ2v) is 7.76. The first-order valence-electron chi connectivity index (χ1n) is 10.2. The maximum absolute atomic E-state index is 14.5. The van der Waals surface area contributed by atoms with Gasteiger partial charge in [-0.05, 0) is 19.1 Å². The molecule has 3 unspecified atom stereocenters. The van der Waals surface area contributed by atoms with Gasteiger partial charge >= 0.3 is 0 Å². The fourth-order valence-corrected chi connectivity index (χ4v) is 3.87. The van der Waals surface area contributed by atoms with Crippen molar-refractivity contribution in [1.29, 1.82) is 5.26 Å². The van der Waals surface area contributed by atoms with E-state index in [1.54, 1.807) is 0 Å². The highest BCUT2D eigenvalue weighted by Gasteiger charge is 2.38. The van der Waals surface area contributed by atoms with E-state index in [2.05, 4.69) is 26.5 Å². The lowest BCUT2D eigenvalue weighted by molar-refractivity contribution is -0.138. The summed E-state index contributed by atoms with van der Waals surface area (Å²) in [4.78, 5) is 34.3. The standard InChI is InChI=1S/C21H21FN8O4/c1-10(31)21(33)29-7-14(22)15(8-29)28-19(32)13-3-12(6-25-20(13)34-2)17-11(5-23)4-16-18(24)26-9-27-30(16)17/h3-4,6,9-10,14-15,31H,7-8H2,1-2H3,(H,28,32)(H2,24,26,27). The molecule has 1 fully saturated rings. The zero-order chi connectivity index (χ0) is 24.6. The number of hydrogen-bond acceptors (Lipinski definition) is 9. The fourth-order valence-electron chi connectivity index (χ4n) is 3.87. The van der Waals surface area contributed by atoms with Gasteiger partial charge in [0.05, 0.1) is 31.0 Å². The third-order valence-electron chi connectivity index (χ3n) is 5.52. The number of nitrogen functional groups attached to an aromatic ring is 1. The molecule has 3 aromatic heterocycles. The maximum Gasteiger partial charge on any atom is 0.257 e. The second kappa shape index (κ2) is 8.91. The minimum atomic E-state index is -1.52. The molecule has 0 saturated carbocycles. The van der Waals surface area contributed by atoms with Gasteiger partial charge in [0.25, 0.3) is 11.8 Å². The molecule has 0 spiro atoms. The molecule has 1 aliphatic heterocycles. The van der Waals surface area contributed by atoms with E-state index in [1.165, 1.54) is 43.2 Å². The molecule has 0 aliphatic carbocycles. The zero-order valence-electron chi connectivity index (χ0n) is 18.3. The van der Waals surface area contributed by atoms with Crippen molar-refractivity contribution in [2.75, 3.05) is 25.9 Å². The number of alkyl halides is 1. The van der Waals surface area contributed by atoms with Gasteiger partial charge in [0.1, 0.15) is 35.8 Å². The van der Waals surface area contributed by atoms with Crippen LogP contribution in [0.15, 0.2) is 24.7 Å². The van der Waals surface area contributed by atoms with E-state index in [0.29, 0.717) is 16.8 Å². The molecule has 0 bridgehead atoms. The summed E-state index contributed by atoms with van der Waals surface area (Å²) < 4.78 is 21.2. The number of methoxy groups -OCH3 is 1. The highest BCUT2D eigenvalue weighted by Crippen LogP contribution is 2.30. The lowest BCUT2D eigenvalue weighted by Crippen LogP contribution is -2.42. The molecule has 13 heteroatoms. The molecule has 4 N–H and O–H groups in total. The quantitative estimate of drug-likeness (QED) is 0.463. The van der Waals surface area contributed by atoms with Crippen molar-refractivity contribution >= 4 is 23.1 Å². The Balaban J connectivity index is 1.68. The van der Waals surface area contributed by atoms with Crippen LogP contribution in [0, 0.1) is 11.3 Å². The molecule has 3 aromatic rings. The molecule has 176 valence electrons. The number of nitrogens with two attached hydrogens (primary N) is 1. The van der Waals surface area contributed by atoms with Crippen LogP contribution < -0.4 is 15.8 Å². The molecule has 1 saturated heterocycles. The highest BCUT2D eigenvalue weighted by atomic mass is 19.1. The first-order chi connectivity index (χ1) is 16.2. The second-order valence-electron chi connectivity index (χ2n) is 7.76. The molecule has 4 heterocycles. The number of nitrogens with one attached hydrogen (secondary N) is 1. The molecule has 0 radical (unpaired) electrons. The summed E-state index contributed by atoms with van der Waals surface area (Å²) in [6.45, 7) is 0.958. The Hall–Kier alpha value is -4.31. The number of halogens is 1. The van der Waals surface area contributed by atoms with E-state index in [9.17, 15) is 24.3 Å². The number of nitriles is 1. The van der Waals surface area contributed by atoms with Crippen LogP contribution in [0.5, 0.6) is 5.88 Å². The van der Waals surface area contributed by atoms with Gasteiger partial charge in [-0.1, -0.05) is 0 Å². The summed E-state index contributed by atoms with van der Waals surface area (Å²) >= 11 is 0. The maximum atomic E-state index is 14.5. The minimum Gasteiger partial charge on any atom is -0.480 e. The molecule has 1 aliphatic rings. The Labute approximate surface area is 192 Å². The average molecular weight is 468 g/mol. The van der Waals surface area contributed by atoms with Gasteiger partial charge in [-0.15, -0.1) is 0 Å². The number of aromatic nitrogens is 4. The first kappa shape index (κ1) is 22.9. The van der Waals surface area contributed by atoms with E-state index in [4.69, 9.17) is 10.5 Å². The fraction of sp³-hybridized carbons (Fsp3) is 0.333. The molecule has 12 nitrogen and oxygen atoms in total. The van der Waals surface area contributed by atoms with Crippen molar-refractivity contribution in [1.82, 2.24) is 29.8 Å². The number of rotatable bonds is 5. The summed E-state index contributed by atoms with van der Waals surface area (Å²) in [6, 6.07) is 4.05. The van der Waals surface area contributed by atoms with Crippen LogP contribution in [0.25, 0.3) is 16.8 Å². The summed E-state index contributed by atoms with van der Waals surface area (Å²) in [5, 5.41) is 25.8. The van der Waals surface area contributed by atoms with Gasteiger partial charge in [-0.3, -0.25) is 9.59 Å². The van der Waals surface area contributed by atoms with Crippen LogP contribution in [0.4, 0.5) is 10.2 Å². The van der Waals surface area contributed by atoms with E-state index in [1.807, 2.05) is 0 Å². The number of hydrogen-bond donors (Lipinski definition) is 3. The zero-order valence-corrected chi connectivity index (χ0v) is 18.3. The third-order valence-corrected chi connectivity index (χ3v) is 5.52. The van der Waals surface area contributed by atoms with Crippen molar-refractivity contribution in [3.8, 4) is 23.2 Å². The Bertz CT molecular complexity index is 1320. The molecule has 3 atom stereocenters. The topological polar surface area (TPSA) is 172 Å². The largest absolute Gasteiger partial charge is 0.480 e. The van der Waals surface area contributed by atoms with E-state index >= 15 is 0 Å². The van der Waals surface area contributed by atoms with Crippen LogP contribution in [-0.4, -0.2) is 79.9 Å². The normalized spacial score (nSPS) is 18.5. The van der Waals surface area contributed by atoms with Crippen molar-refractivity contribution in [3.63, 3.8) is 0 Å². The number of pyridine rings is 1. The van der Waals surface area contributed by atoms with E-state index in [0.717, 1.165) is 4.90 Å². The predicted molar refractivity (Wildman–Crippen MR) is 116 cm³/mol. The first-order valence-corrected chi connectivity index (χ1v) is 10.2. The van der Waals surface area contributed by atoms with Crippen LogP contribution in [-0.2, 0) is 4.79 Å². The van der Waals surface area contributed by atoms with Crippen molar-refractivity contribution in [2.45, 2.75) is 25.2 Å². The Morgan fingerprint density at radius 2 is 2.15 bits per heavy atom. The van der Waals surface area contributed by atoms with Crippen LogP contribution in [0.1, 0.15) is 22.8 Å². The Morgan fingerprint density at radius 1 is 1.38 bits per heavy atom. The molecule has 4 rings (SSSR count). The number of aliphatic hydroxyl groups excluding tert-OH is 1. The third kappa shape index (κ3) is 3.95. The number of fused-ring (bicyclic) bond motifs is 1. The summed E-state index contributed by atoms with van der Waals surface area (Å²) in [7, 11) is 1.33. The van der Waals surface area contributed by atoms with Gasteiger partial charge < -0.3 is 25.8 Å². The number of anilines is 1. The smallest absolute Gasteiger partial charge is 0.257 e. The predicted octanol–water partition coefficient (Wildman–Crippen LogP) is -0.0867. The van der Waals surface area contributed by atoms with Crippen molar-refractivity contribution in [2.24, 2.45) is 0 Å². The number of aliphatic hydroxyl groups is 1. The van der Waals surface area contributed by atoms with Crippen molar-refractivity contribution in [3.05, 3.63) is 35.8 Å². The van der Waals surface area contributed by atoms with Gasteiger partial charge in [0.2, 0.25) is 5.88 Å². The number of nitrogens with zero attached hydrogens (tertiary/aromatic N) is 6. The Kier molecular flexibility index (Phi) is 5.99. The van der Waals surface area contributed by atoms with Crippen LogP contribution in [0.3, 0.4) is 0 Å². The van der Waals surface area contributed by atoms with E-state index in [-0.39, 0.29) is 35.9 Å². The minimum absolute atomic E-state index is 0.00614. The average Bonchev–Trinajstić information content (AvgIpc) is 3.39. The summed E-state index contributed by atoms with van der Waals surface area (Å²) in [5.74, 6) is -1.14. The Morgan fingerprint density at radius 3 is 2.82 bits per heavy atom. The molecule has 2 amide bonds. The molecule has 34 heavy (non-hydrogen) atoms. The number of ether oxygens (including phenoxy) is 1. The summed E-state index contributed by atoms with van der Waals surface area (Å²) in [5.41, 5.74) is 7.24. The van der Waals surface area contributed by atoms with Gasteiger partial charge in [-0.2, -0.15) is 10.4 Å². The summed E-state index contributed by atoms with van der Waals surface area (Å²) in [6.07, 6.45) is -0.147. The van der Waals surface area contributed by atoms with Crippen LogP contribution >= 0.6 is 0 Å². The molecule has 0 aromatic carbocycles.